The van der Waals surface area contributed by atoms with Gasteiger partial charge in [0.1, 0.15) is 18.2 Å². The van der Waals surface area contributed by atoms with Crippen LogP contribution in [0.3, 0.4) is 0 Å². The van der Waals surface area contributed by atoms with Crippen LogP contribution in [-0.4, -0.2) is 42.4 Å². The molecule has 4 rings (SSSR count). The predicted molar refractivity (Wildman–Crippen MR) is 113 cm³/mol. The Hall–Kier alpha value is -3.34. The summed E-state index contributed by atoms with van der Waals surface area (Å²) in [5.41, 5.74) is 2.23. The first-order valence-corrected chi connectivity index (χ1v) is 9.58. The van der Waals surface area contributed by atoms with E-state index in [0.717, 1.165) is 48.9 Å². The Kier molecular flexibility index (Phi) is 5.83. The number of hydrogen-bond acceptors (Lipinski definition) is 5. The summed E-state index contributed by atoms with van der Waals surface area (Å²) < 4.78 is 5.83. The molecule has 0 atom stereocenters. The molecule has 5 nitrogen and oxygen atoms in total. The zero-order chi connectivity index (χ0) is 19.0. The molecule has 0 bridgehead atoms. The van der Waals surface area contributed by atoms with Gasteiger partial charge in [0.2, 0.25) is 0 Å². The number of nitrogens with zero attached hydrogens (tertiary/aromatic N) is 4. The van der Waals surface area contributed by atoms with E-state index in [2.05, 4.69) is 38.2 Å². The van der Waals surface area contributed by atoms with Gasteiger partial charge in [-0.3, -0.25) is 5.01 Å². The van der Waals surface area contributed by atoms with Gasteiger partial charge in [-0.05, 0) is 47.5 Å². The van der Waals surface area contributed by atoms with Gasteiger partial charge < -0.3 is 9.64 Å². The molecule has 142 valence electrons. The van der Waals surface area contributed by atoms with Crippen molar-refractivity contribution in [3.8, 4) is 5.75 Å². The first kappa shape index (κ1) is 18.0. The first-order valence-electron chi connectivity index (χ1n) is 9.58. The fourth-order valence-corrected chi connectivity index (χ4v) is 3.12. The second-order valence-electron chi connectivity index (χ2n) is 6.72. The third-order valence-electron chi connectivity index (χ3n) is 4.73. The number of pyridine rings is 1. The van der Waals surface area contributed by atoms with Crippen LogP contribution in [-0.2, 0) is 6.61 Å². The second-order valence-corrected chi connectivity index (χ2v) is 6.72. The van der Waals surface area contributed by atoms with Crippen molar-refractivity contribution < 1.29 is 4.74 Å². The highest BCUT2D eigenvalue weighted by Crippen LogP contribution is 2.15. The molecule has 0 N–H and O–H groups in total. The lowest BCUT2D eigenvalue weighted by atomic mass is 10.2. The number of anilines is 1. The Bertz CT molecular complexity index is 873. The lowest BCUT2D eigenvalue weighted by Gasteiger charge is -2.33. The van der Waals surface area contributed by atoms with Gasteiger partial charge in [-0.2, -0.15) is 5.10 Å². The van der Waals surface area contributed by atoms with Gasteiger partial charge in [0, 0.05) is 19.3 Å². The summed E-state index contributed by atoms with van der Waals surface area (Å²) in [6.45, 7) is 4.23. The Morgan fingerprint density at radius 3 is 2.32 bits per heavy atom. The molecule has 28 heavy (non-hydrogen) atoms. The zero-order valence-corrected chi connectivity index (χ0v) is 15.8. The lowest BCUT2D eigenvalue weighted by Crippen LogP contribution is -2.44. The van der Waals surface area contributed by atoms with Crippen LogP contribution in [0.2, 0.25) is 0 Å². The Labute approximate surface area is 165 Å². The topological polar surface area (TPSA) is 41.0 Å². The number of ether oxygens (including phenoxy) is 1. The Balaban J connectivity index is 1.26. The van der Waals surface area contributed by atoms with Gasteiger partial charge >= 0.3 is 0 Å². The Morgan fingerprint density at radius 2 is 1.61 bits per heavy atom. The monoisotopic (exact) mass is 372 g/mol. The van der Waals surface area contributed by atoms with E-state index in [0.29, 0.717) is 6.61 Å². The van der Waals surface area contributed by atoms with E-state index in [1.54, 1.807) is 0 Å². The van der Waals surface area contributed by atoms with E-state index in [1.165, 1.54) is 0 Å². The van der Waals surface area contributed by atoms with Crippen LogP contribution in [0.15, 0.2) is 84.1 Å². The summed E-state index contributed by atoms with van der Waals surface area (Å²) >= 11 is 0. The van der Waals surface area contributed by atoms with Crippen LogP contribution in [0, 0.1) is 0 Å². The molecular weight excluding hydrogens is 348 g/mol. The van der Waals surface area contributed by atoms with Crippen LogP contribution in [0.5, 0.6) is 5.75 Å². The standard InChI is InChI=1S/C23H24N4O/c1-2-6-21(7-3-1)19-28-22-11-9-20(10-12-22)18-25-27-16-14-26(15-17-27)23-8-4-5-13-24-23/h1-13,18H,14-17,19H2/b25-18+. The third kappa shape index (κ3) is 4.88. The summed E-state index contributed by atoms with van der Waals surface area (Å²) in [7, 11) is 0. The van der Waals surface area contributed by atoms with Gasteiger partial charge in [-0.25, -0.2) is 4.98 Å². The zero-order valence-electron chi connectivity index (χ0n) is 15.8. The van der Waals surface area contributed by atoms with Crippen molar-refractivity contribution in [3.63, 3.8) is 0 Å². The van der Waals surface area contributed by atoms with Crippen molar-refractivity contribution in [1.82, 2.24) is 9.99 Å². The highest BCUT2D eigenvalue weighted by atomic mass is 16.5. The summed E-state index contributed by atoms with van der Waals surface area (Å²) in [5.74, 6) is 1.90. The molecule has 1 aliphatic rings. The summed E-state index contributed by atoms with van der Waals surface area (Å²) in [4.78, 5) is 6.72. The van der Waals surface area contributed by atoms with Crippen LogP contribution >= 0.6 is 0 Å². The van der Waals surface area contributed by atoms with Crippen molar-refractivity contribution >= 4 is 12.0 Å². The summed E-state index contributed by atoms with van der Waals surface area (Å²) in [5, 5.41) is 6.74. The molecule has 0 saturated carbocycles. The third-order valence-corrected chi connectivity index (χ3v) is 4.73. The fraction of sp³-hybridized carbons (Fsp3) is 0.217. The van der Waals surface area contributed by atoms with Gasteiger partial charge in [-0.15, -0.1) is 0 Å². The highest BCUT2D eigenvalue weighted by Gasteiger charge is 2.16. The molecule has 1 aromatic heterocycles. The van der Waals surface area contributed by atoms with Gasteiger partial charge in [0.25, 0.3) is 0 Å². The number of rotatable bonds is 6. The molecule has 2 aromatic carbocycles. The molecule has 0 amide bonds. The molecule has 1 aliphatic heterocycles. The second kappa shape index (κ2) is 9.04. The van der Waals surface area contributed by atoms with Crippen LogP contribution in [0.25, 0.3) is 0 Å². The van der Waals surface area contributed by atoms with E-state index in [9.17, 15) is 0 Å². The van der Waals surface area contributed by atoms with E-state index >= 15 is 0 Å². The molecule has 0 unspecified atom stereocenters. The maximum absolute atomic E-state index is 5.83. The average molecular weight is 372 g/mol. The number of aromatic nitrogens is 1. The van der Waals surface area contributed by atoms with E-state index < -0.39 is 0 Å². The van der Waals surface area contributed by atoms with Gasteiger partial charge in [0.05, 0.1) is 19.3 Å². The van der Waals surface area contributed by atoms with Crippen molar-refractivity contribution in [1.29, 1.82) is 0 Å². The molecule has 0 spiro atoms. The number of benzene rings is 2. The lowest BCUT2D eigenvalue weighted by molar-refractivity contribution is 0.271. The molecule has 5 heteroatoms. The number of hydrogen-bond donors (Lipinski definition) is 0. The maximum Gasteiger partial charge on any atom is 0.128 e. The molecular formula is C23H24N4O. The van der Waals surface area contributed by atoms with Crippen molar-refractivity contribution in [2.45, 2.75) is 6.61 Å². The van der Waals surface area contributed by atoms with Crippen LogP contribution < -0.4 is 9.64 Å². The minimum Gasteiger partial charge on any atom is -0.489 e. The van der Waals surface area contributed by atoms with E-state index in [1.807, 2.05) is 67.0 Å². The highest BCUT2D eigenvalue weighted by molar-refractivity contribution is 5.79. The summed E-state index contributed by atoms with van der Waals surface area (Å²) in [6.07, 6.45) is 3.75. The number of hydrazone groups is 1. The maximum atomic E-state index is 5.83. The fourth-order valence-electron chi connectivity index (χ4n) is 3.12. The van der Waals surface area contributed by atoms with Crippen LogP contribution in [0.4, 0.5) is 5.82 Å². The molecule has 2 heterocycles. The average Bonchev–Trinajstić information content (AvgIpc) is 2.79. The van der Waals surface area contributed by atoms with Crippen molar-refractivity contribution in [2.24, 2.45) is 5.10 Å². The first-order chi connectivity index (χ1) is 13.9. The normalized spacial score (nSPS) is 14.4. The largest absolute Gasteiger partial charge is 0.489 e. The minimum atomic E-state index is 0.578. The SMILES string of the molecule is C(=N\N1CCN(c2ccccn2)CC1)/c1ccc(OCc2ccccc2)cc1. The van der Waals surface area contributed by atoms with E-state index in [-0.39, 0.29) is 0 Å². The minimum absolute atomic E-state index is 0.578. The molecule has 1 saturated heterocycles. The van der Waals surface area contributed by atoms with Gasteiger partial charge in [0.15, 0.2) is 0 Å². The smallest absolute Gasteiger partial charge is 0.128 e. The number of piperazine rings is 1. The van der Waals surface area contributed by atoms with Crippen molar-refractivity contribution in [2.75, 3.05) is 31.1 Å². The van der Waals surface area contributed by atoms with Crippen molar-refractivity contribution in [3.05, 3.63) is 90.1 Å². The van der Waals surface area contributed by atoms with Crippen LogP contribution in [0.1, 0.15) is 11.1 Å². The molecule has 3 aromatic rings. The summed E-state index contributed by atoms with van der Waals surface area (Å²) in [6, 6.07) is 24.3. The van der Waals surface area contributed by atoms with Gasteiger partial charge in [-0.1, -0.05) is 36.4 Å². The Morgan fingerprint density at radius 1 is 0.857 bits per heavy atom. The molecule has 1 fully saturated rings. The molecule has 0 radical (unpaired) electrons. The van der Waals surface area contributed by atoms with E-state index in [4.69, 9.17) is 4.74 Å². The molecule has 0 aliphatic carbocycles. The predicted octanol–water partition coefficient (Wildman–Crippen LogP) is 3.82. The quantitative estimate of drug-likeness (QED) is 0.617.